The number of carbonyl (C=O) groups excluding carboxylic acids is 1. The Labute approximate surface area is 192 Å². The van der Waals surface area contributed by atoms with E-state index in [1.54, 1.807) is 29.5 Å². The van der Waals surface area contributed by atoms with E-state index in [1.165, 1.54) is 32.9 Å². The van der Waals surface area contributed by atoms with Gasteiger partial charge in [0.2, 0.25) is 0 Å². The molecule has 3 aromatic carbocycles. The lowest BCUT2D eigenvalue weighted by Gasteiger charge is -2.14. The van der Waals surface area contributed by atoms with E-state index >= 15 is 0 Å². The van der Waals surface area contributed by atoms with E-state index in [9.17, 15) is 9.18 Å². The van der Waals surface area contributed by atoms with E-state index in [0.29, 0.717) is 0 Å². The summed E-state index contributed by atoms with van der Waals surface area (Å²) < 4.78 is 15.1. The number of rotatable bonds is 6. The van der Waals surface area contributed by atoms with Crippen LogP contribution >= 0.6 is 11.3 Å². The van der Waals surface area contributed by atoms with Crippen molar-refractivity contribution in [2.24, 2.45) is 0 Å². The van der Waals surface area contributed by atoms with Gasteiger partial charge in [-0.15, -0.1) is 11.3 Å². The molecule has 1 heterocycles. The van der Waals surface area contributed by atoms with E-state index in [4.69, 9.17) is 0 Å². The minimum atomic E-state index is -0.215. The predicted molar refractivity (Wildman–Crippen MR) is 135 cm³/mol. The first kappa shape index (κ1) is 21.9. The maximum atomic E-state index is 13.9. The van der Waals surface area contributed by atoms with E-state index in [2.05, 4.69) is 43.8 Å². The van der Waals surface area contributed by atoms with E-state index in [1.807, 2.05) is 26.0 Å². The molecule has 0 saturated heterocycles. The number of thiophene rings is 1. The minimum Gasteiger partial charge on any atom is -0.299 e. The second-order valence-corrected chi connectivity index (χ2v) is 9.27. The molecule has 4 aromatic rings. The van der Waals surface area contributed by atoms with Crippen LogP contribution in [0, 0.1) is 26.6 Å². The fourth-order valence-corrected chi connectivity index (χ4v) is 5.57. The summed E-state index contributed by atoms with van der Waals surface area (Å²) in [5, 5.41) is 1.24. The summed E-state index contributed by atoms with van der Waals surface area (Å²) in [5.74, 6) is -0.215. The van der Waals surface area contributed by atoms with Gasteiger partial charge in [0.15, 0.2) is 0 Å². The van der Waals surface area contributed by atoms with Crippen LogP contribution in [0.1, 0.15) is 43.8 Å². The Hall–Kier alpha value is -3.30. The Morgan fingerprint density at radius 2 is 1.69 bits per heavy atom. The Balaban J connectivity index is 1.81. The van der Waals surface area contributed by atoms with Gasteiger partial charge in [-0.3, -0.25) is 4.79 Å². The zero-order valence-electron chi connectivity index (χ0n) is 18.5. The van der Waals surface area contributed by atoms with Gasteiger partial charge in [-0.1, -0.05) is 49.1 Å². The average molecular weight is 441 g/mol. The summed E-state index contributed by atoms with van der Waals surface area (Å²) in [6, 6.07) is 18.0. The van der Waals surface area contributed by atoms with Crippen molar-refractivity contribution in [2.45, 2.75) is 27.2 Å². The smallest absolute Gasteiger partial charge is 0.142 e. The van der Waals surface area contributed by atoms with Gasteiger partial charge in [0, 0.05) is 9.58 Å². The number of carbonyl (C=O) groups is 1. The molecule has 0 bridgehead atoms. The normalized spacial score (nSPS) is 11.4. The highest BCUT2D eigenvalue weighted by Gasteiger charge is 2.19. The third-order valence-electron chi connectivity index (χ3n) is 5.75. The summed E-state index contributed by atoms with van der Waals surface area (Å²) in [6.07, 6.45) is 4.85. The average Bonchev–Trinajstić information content (AvgIpc) is 3.09. The summed E-state index contributed by atoms with van der Waals surface area (Å²) >= 11 is 1.75. The van der Waals surface area contributed by atoms with Gasteiger partial charge in [0.05, 0.1) is 0 Å². The van der Waals surface area contributed by atoms with Crippen LogP contribution < -0.4 is 0 Å². The molecule has 0 spiro atoms. The topological polar surface area (TPSA) is 17.1 Å². The molecule has 0 aliphatic carbocycles. The molecule has 160 valence electrons. The fraction of sp³-hybridized carbons (Fsp3) is 0.138. The number of aldehydes is 1. The van der Waals surface area contributed by atoms with Gasteiger partial charge in [-0.05, 0) is 101 Å². The quantitative estimate of drug-likeness (QED) is 0.220. The maximum absolute atomic E-state index is 13.9. The van der Waals surface area contributed by atoms with Crippen LogP contribution in [-0.2, 0) is 11.2 Å². The second-order valence-electron chi connectivity index (χ2n) is 8.22. The maximum Gasteiger partial charge on any atom is 0.142 e. The van der Waals surface area contributed by atoms with Crippen LogP contribution in [-0.4, -0.2) is 6.29 Å². The standard InChI is InChI=1S/C29H25FOS/c1-18-7-12-25-26(17-23-10-8-22(9-11-23)6-5-13-31)29(32-27(25)14-18)21(4)28-19(2)15-24(30)16-20(28)3/h5-16H,4,17H2,1-3H3/b6-5+. The van der Waals surface area contributed by atoms with Gasteiger partial charge in [-0.2, -0.15) is 0 Å². The molecule has 1 aromatic heterocycles. The van der Waals surface area contributed by atoms with Crippen molar-refractivity contribution < 1.29 is 9.18 Å². The number of fused-ring (bicyclic) bond motifs is 1. The third-order valence-corrected chi connectivity index (χ3v) is 7.00. The Bertz CT molecular complexity index is 1330. The molecular formula is C29H25FOS. The van der Waals surface area contributed by atoms with Crippen LogP contribution in [0.25, 0.3) is 21.7 Å². The molecule has 3 heteroatoms. The summed E-state index contributed by atoms with van der Waals surface area (Å²) in [6.45, 7) is 10.5. The van der Waals surface area contributed by atoms with Crippen LogP contribution in [0.2, 0.25) is 0 Å². The number of hydrogen-bond donors (Lipinski definition) is 0. The number of aryl methyl sites for hydroxylation is 3. The first-order valence-corrected chi connectivity index (χ1v) is 11.4. The highest BCUT2D eigenvalue weighted by Crippen LogP contribution is 2.41. The Morgan fingerprint density at radius 3 is 2.34 bits per heavy atom. The van der Waals surface area contributed by atoms with Crippen molar-refractivity contribution in [1.82, 2.24) is 0 Å². The monoisotopic (exact) mass is 440 g/mol. The van der Waals surface area contributed by atoms with Crippen molar-refractivity contribution in [2.75, 3.05) is 0 Å². The lowest BCUT2D eigenvalue weighted by atomic mass is 9.91. The van der Waals surface area contributed by atoms with Crippen molar-refractivity contribution in [3.63, 3.8) is 0 Å². The van der Waals surface area contributed by atoms with Gasteiger partial charge in [-0.25, -0.2) is 4.39 Å². The Kier molecular flexibility index (Phi) is 6.20. The molecule has 32 heavy (non-hydrogen) atoms. The van der Waals surface area contributed by atoms with Gasteiger partial charge in [0.25, 0.3) is 0 Å². The molecule has 0 aliphatic heterocycles. The molecule has 0 fully saturated rings. The predicted octanol–water partition coefficient (Wildman–Crippen LogP) is 7.83. The molecule has 0 aliphatic rings. The molecule has 0 atom stereocenters. The number of allylic oxidation sites excluding steroid dienone is 1. The van der Waals surface area contributed by atoms with Crippen molar-refractivity contribution in [3.8, 4) is 0 Å². The summed E-state index contributed by atoms with van der Waals surface area (Å²) in [5.41, 5.74) is 8.42. The molecule has 0 amide bonds. The third kappa shape index (κ3) is 4.35. The zero-order chi connectivity index (χ0) is 22.8. The lowest BCUT2D eigenvalue weighted by molar-refractivity contribution is -0.104. The van der Waals surface area contributed by atoms with Crippen LogP contribution in [0.15, 0.2) is 67.3 Å². The number of halogens is 1. The number of hydrogen-bond acceptors (Lipinski definition) is 2. The van der Waals surface area contributed by atoms with Gasteiger partial charge >= 0.3 is 0 Å². The highest BCUT2D eigenvalue weighted by atomic mass is 32.1. The minimum absolute atomic E-state index is 0.215. The SMILES string of the molecule is C=C(c1sc2cc(C)ccc2c1Cc1ccc(/C=C/C=O)cc1)c1c(C)cc(F)cc1C. The second kappa shape index (κ2) is 9.05. The van der Waals surface area contributed by atoms with Crippen molar-refractivity contribution in [1.29, 1.82) is 0 Å². The van der Waals surface area contributed by atoms with Crippen LogP contribution in [0.5, 0.6) is 0 Å². The highest BCUT2D eigenvalue weighted by molar-refractivity contribution is 7.20. The molecule has 1 nitrogen and oxygen atoms in total. The molecular weight excluding hydrogens is 415 g/mol. The van der Waals surface area contributed by atoms with Gasteiger partial charge in [0.1, 0.15) is 12.1 Å². The molecule has 0 N–H and O–H groups in total. The van der Waals surface area contributed by atoms with Gasteiger partial charge < -0.3 is 0 Å². The van der Waals surface area contributed by atoms with E-state index in [-0.39, 0.29) is 5.82 Å². The lowest BCUT2D eigenvalue weighted by Crippen LogP contribution is -1.98. The molecule has 4 rings (SSSR count). The zero-order valence-corrected chi connectivity index (χ0v) is 19.4. The fourth-order valence-electron chi connectivity index (χ4n) is 4.28. The van der Waals surface area contributed by atoms with Crippen LogP contribution in [0.4, 0.5) is 4.39 Å². The largest absolute Gasteiger partial charge is 0.299 e. The molecule has 0 unspecified atom stereocenters. The molecule has 0 saturated carbocycles. The first-order chi connectivity index (χ1) is 15.4. The van der Waals surface area contributed by atoms with E-state index < -0.39 is 0 Å². The van der Waals surface area contributed by atoms with Crippen molar-refractivity contribution in [3.05, 3.63) is 117 Å². The number of benzene rings is 3. The first-order valence-electron chi connectivity index (χ1n) is 10.6. The van der Waals surface area contributed by atoms with Crippen molar-refractivity contribution >= 4 is 39.4 Å². The molecule has 0 radical (unpaired) electrons. The summed E-state index contributed by atoms with van der Waals surface area (Å²) in [7, 11) is 0. The Morgan fingerprint density at radius 1 is 1.00 bits per heavy atom. The van der Waals surface area contributed by atoms with E-state index in [0.717, 1.165) is 45.4 Å². The van der Waals surface area contributed by atoms with Crippen LogP contribution in [0.3, 0.4) is 0 Å². The summed E-state index contributed by atoms with van der Waals surface area (Å²) in [4.78, 5) is 11.7.